The zero-order valence-electron chi connectivity index (χ0n) is 12.1. The minimum atomic E-state index is -4.15. The second-order valence-electron chi connectivity index (χ2n) is 4.60. The van der Waals surface area contributed by atoms with E-state index in [2.05, 4.69) is 15.0 Å². The Labute approximate surface area is 126 Å². The molecule has 2 rings (SSSR count). The van der Waals surface area contributed by atoms with E-state index >= 15 is 0 Å². The molecule has 5 N–H and O–H groups in total. The molecular formula is C11H19N5O5P+. The fourth-order valence-electron chi connectivity index (χ4n) is 1.80. The number of aromatic nitrogens is 4. The zero-order chi connectivity index (χ0) is 16.2. The Balaban J connectivity index is 2.11. The van der Waals surface area contributed by atoms with Crippen molar-refractivity contribution in [1.82, 2.24) is 15.0 Å². The van der Waals surface area contributed by atoms with Gasteiger partial charge in [-0.2, -0.15) is 4.98 Å². The van der Waals surface area contributed by atoms with Crippen LogP contribution in [-0.2, 0) is 15.8 Å². The van der Waals surface area contributed by atoms with Crippen molar-refractivity contribution < 1.29 is 28.4 Å². The van der Waals surface area contributed by atoms with E-state index in [9.17, 15) is 4.57 Å². The first-order chi connectivity index (χ1) is 10.4. The molecule has 0 aromatic carbocycles. The van der Waals surface area contributed by atoms with E-state index < -0.39 is 13.9 Å². The number of anilines is 1. The third-order valence-electron chi connectivity index (χ3n) is 2.69. The molecule has 0 aliphatic rings. The molecule has 22 heavy (non-hydrogen) atoms. The van der Waals surface area contributed by atoms with Crippen molar-refractivity contribution in [2.45, 2.75) is 19.9 Å². The number of nitrogen functional groups attached to an aromatic ring is 1. The van der Waals surface area contributed by atoms with E-state index in [1.54, 1.807) is 10.9 Å². The lowest BCUT2D eigenvalue weighted by Gasteiger charge is -2.05. The van der Waals surface area contributed by atoms with Gasteiger partial charge in [0, 0.05) is 0 Å². The molecule has 0 radical (unpaired) electrons. The summed E-state index contributed by atoms with van der Waals surface area (Å²) in [6.07, 6.45) is 1.87. The summed E-state index contributed by atoms with van der Waals surface area (Å²) in [7, 11) is -4.15. The van der Waals surface area contributed by atoms with E-state index in [-0.39, 0.29) is 12.6 Å². The predicted molar refractivity (Wildman–Crippen MR) is 77.1 cm³/mol. The summed E-state index contributed by atoms with van der Waals surface area (Å²) < 4.78 is 22.9. The van der Waals surface area contributed by atoms with E-state index in [0.29, 0.717) is 30.2 Å². The Morgan fingerprint density at radius 2 is 2.18 bits per heavy atom. The molecule has 0 bridgehead atoms. The van der Waals surface area contributed by atoms with E-state index in [1.165, 1.54) is 0 Å². The molecule has 11 heteroatoms. The van der Waals surface area contributed by atoms with Gasteiger partial charge in [0.15, 0.2) is 6.33 Å². The van der Waals surface area contributed by atoms with Gasteiger partial charge >= 0.3 is 19.2 Å². The van der Waals surface area contributed by atoms with Crippen molar-refractivity contribution in [2.75, 3.05) is 25.3 Å². The maximum atomic E-state index is 10.7. The lowest BCUT2D eigenvalue weighted by molar-refractivity contribution is -0.674. The van der Waals surface area contributed by atoms with Gasteiger partial charge in [0.05, 0.1) is 19.8 Å². The molecule has 0 fully saturated rings. The van der Waals surface area contributed by atoms with Gasteiger partial charge < -0.3 is 25.0 Å². The summed E-state index contributed by atoms with van der Waals surface area (Å²) in [6.45, 7) is 2.96. The highest BCUT2D eigenvalue weighted by Crippen LogP contribution is 2.33. The van der Waals surface area contributed by atoms with Gasteiger partial charge in [-0.3, -0.25) is 9.55 Å². The lowest BCUT2D eigenvalue weighted by atomic mass is 10.5. The molecule has 0 saturated heterocycles. The minimum absolute atomic E-state index is 0.0862. The van der Waals surface area contributed by atoms with Crippen LogP contribution in [0, 0.1) is 0 Å². The fraction of sp³-hybridized carbons (Fsp3) is 0.545. The fourth-order valence-corrected chi connectivity index (χ4v) is 2.17. The monoisotopic (exact) mass is 332 g/mol. The summed E-state index contributed by atoms with van der Waals surface area (Å²) in [5, 5.41) is 0. The van der Waals surface area contributed by atoms with Gasteiger partial charge in [0.2, 0.25) is 5.52 Å². The molecule has 122 valence electrons. The Morgan fingerprint density at radius 1 is 1.41 bits per heavy atom. The zero-order valence-corrected chi connectivity index (χ0v) is 13.0. The largest absolute Gasteiger partial charge is 0.475 e. The van der Waals surface area contributed by atoms with Crippen molar-refractivity contribution in [3.05, 3.63) is 6.33 Å². The smallest absolute Gasteiger partial charge is 0.350 e. The minimum Gasteiger partial charge on any atom is -0.475 e. The van der Waals surface area contributed by atoms with Gasteiger partial charge in [-0.25, -0.2) is 4.57 Å². The lowest BCUT2D eigenvalue weighted by Crippen LogP contribution is -2.35. The first-order valence-electron chi connectivity index (χ1n) is 6.70. The van der Waals surface area contributed by atoms with Crippen LogP contribution >= 0.6 is 7.60 Å². The molecule has 2 heterocycles. The van der Waals surface area contributed by atoms with Crippen LogP contribution in [-0.4, -0.2) is 44.3 Å². The van der Waals surface area contributed by atoms with Gasteiger partial charge in [0.25, 0.3) is 5.88 Å². The normalized spacial score (nSPS) is 12.0. The number of hydrogen-bond donors (Lipinski definition) is 4. The number of nitrogens with zero attached hydrogens (tertiary/aromatic N) is 3. The standard InChI is InChI=1S/C11H18N5O5P/c1-2-4-21-10-8-9(14-11(12)15-10)16(6-13-8)3-5-20-7-22(17,18)19/h6H,2-5,7H2,1H3,(H4,12,14,15,17,18,19)/p+1. The Morgan fingerprint density at radius 3 is 2.86 bits per heavy atom. The van der Waals surface area contributed by atoms with Gasteiger partial charge in [-0.15, -0.1) is 0 Å². The van der Waals surface area contributed by atoms with Crippen LogP contribution < -0.4 is 15.0 Å². The quantitative estimate of drug-likeness (QED) is 0.294. The first kappa shape index (κ1) is 16.6. The molecule has 0 unspecified atom stereocenters. The highest BCUT2D eigenvalue weighted by atomic mass is 31.2. The Bertz CT molecular complexity index is 685. The molecule has 2 aromatic rings. The summed E-state index contributed by atoms with van der Waals surface area (Å²) >= 11 is 0. The highest BCUT2D eigenvalue weighted by Gasteiger charge is 2.20. The van der Waals surface area contributed by atoms with Crippen molar-refractivity contribution in [3.63, 3.8) is 0 Å². The Kier molecular flexibility index (Phi) is 5.30. The number of ether oxygens (including phenoxy) is 2. The first-order valence-corrected chi connectivity index (χ1v) is 8.49. The van der Waals surface area contributed by atoms with E-state index in [0.717, 1.165) is 6.42 Å². The van der Waals surface area contributed by atoms with Crippen molar-refractivity contribution in [2.24, 2.45) is 0 Å². The number of nitrogens with one attached hydrogen (secondary N) is 1. The van der Waals surface area contributed by atoms with E-state index in [1.807, 2.05) is 6.92 Å². The van der Waals surface area contributed by atoms with Crippen LogP contribution in [0.5, 0.6) is 5.88 Å². The van der Waals surface area contributed by atoms with Crippen LogP contribution in [0.2, 0.25) is 0 Å². The van der Waals surface area contributed by atoms with Crippen molar-refractivity contribution in [3.8, 4) is 5.88 Å². The van der Waals surface area contributed by atoms with E-state index in [4.69, 9.17) is 25.0 Å². The van der Waals surface area contributed by atoms with Crippen LogP contribution in [0.1, 0.15) is 13.3 Å². The second-order valence-corrected chi connectivity index (χ2v) is 6.19. The molecule has 0 aliphatic heterocycles. The summed E-state index contributed by atoms with van der Waals surface area (Å²) in [5.41, 5.74) is 6.82. The second kappa shape index (κ2) is 7.01. The average Bonchev–Trinajstić information content (AvgIpc) is 2.83. The molecule has 0 saturated carbocycles. The van der Waals surface area contributed by atoms with Crippen LogP contribution in [0.15, 0.2) is 6.33 Å². The van der Waals surface area contributed by atoms with Crippen molar-refractivity contribution in [1.29, 1.82) is 0 Å². The number of rotatable bonds is 8. The number of nitrogens with two attached hydrogens (primary N) is 1. The molecule has 0 spiro atoms. The van der Waals surface area contributed by atoms with Gasteiger partial charge in [0.1, 0.15) is 6.35 Å². The van der Waals surface area contributed by atoms with Crippen LogP contribution in [0.3, 0.4) is 0 Å². The van der Waals surface area contributed by atoms with Gasteiger partial charge in [-0.1, -0.05) is 11.9 Å². The molecule has 0 atom stereocenters. The molecule has 10 nitrogen and oxygen atoms in total. The number of H-pyrrole nitrogens is 1. The summed E-state index contributed by atoms with van der Waals surface area (Å²) in [5.74, 6) is 0.460. The van der Waals surface area contributed by atoms with Gasteiger partial charge in [-0.05, 0) is 6.42 Å². The summed E-state index contributed by atoms with van der Waals surface area (Å²) in [4.78, 5) is 28.6. The van der Waals surface area contributed by atoms with Crippen LogP contribution in [0.4, 0.5) is 5.95 Å². The Hall–Kier alpha value is -1.74. The molecule has 2 aromatic heterocycles. The number of fused-ring (bicyclic) bond motifs is 1. The number of imidazole rings is 1. The maximum absolute atomic E-state index is 10.7. The third-order valence-corrected chi connectivity index (χ3v) is 3.21. The maximum Gasteiger partial charge on any atom is 0.350 e. The third kappa shape index (κ3) is 4.38. The highest BCUT2D eigenvalue weighted by molar-refractivity contribution is 7.51. The number of aromatic amines is 1. The predicted octanol–water partition coefficient (Wildman–Crippen LogP) is -0.232. The SMILES string of the molecule is CCCOc1nc(N)nc2c1[nH]c[n+]2CCOCP(=O)(O)O. The molecule has 0 amide bonds. The molecular weight excluding hydrogens is 313 g/mol. The molecule has 0 aliphatic carbocycles. The van der Waals surface area contributed by atoms with Crippen molar-refractivity contribution >= 4 is 24.7 Å². The topological polar surface area (TPSA) is 147 Å². The van der Waals surface area contributed by atoms with Crippen LogP contribution in [0.25, 0.3) is 11.2 Å². The number of hydrogen-bond acceptors (Lipinski definition) is 6. The summed E-state index contributed by atoms with van der Waals surface area (Å²) in [6, 6.07) is 0. The average molecular weight is 332 g/mol.